The molecule has 0 aliphatic heterocycles. The van der Waals surface area contributed by atoms with Gasteiger partial charge in [0.25, 0.3) is 5.91 Å². The molecule has 0 saturated carbocycles. The third kappa shape index (κ3) is 11.5. The first-order chi connectivity index (χ1) is 23.0. The third-order valence-corrected chi connectivity index (χ3v) is 7.19. The molecule has 0 radical (unpaired) electrons. The largest absolute Gasteiger partial charge is 0.457 e. The zero-order chi connectivity index (χ0) is 34.5. The summed E-state index contributed by atoms with van der Waals surface area (Å²) in [6, 6.07) is 15.4. The van der Waals surface area contributed by atoms with E-state index in [0.717, 1.165) is 49.1 Å². The number of hydrogen-bond donors (Lipinski definition) is 3. The van der Waals surface area contributed by atoms with Crippen LogP contribution in [0.4, 0.5) is 29.3 Å². The van der Waals surface area contributed by atoms with Crippen LogP contribution in [0, 0.1) is 6.92 Å². The zero-order valence-corrected chi connectivity index (χ0v) is 26.7. The lowest BCUT2D eigenvalue weighted by atomic mass is 10.1. The minimum atomic E-state index is -4.66. The highest BCUT2D eigenvalue weighted by molar-refractivity contribution is 6.31. The smallest absolute Gasteiger partial charge is 0.417 e. The first-order valence-corrected chi connectivity index (χ1v) is 15.4. The fourth-order valence-corrected chi connectivity index (χ4v) is 4.69. The predicted octanol–water partition coefficient (Wildman–Crippen LogP) is 8.86. The van der Waals surface area contributed by atoms with Crippen molar-refractivity contribution in [3.05, 3.63) is 113 Å². The molecule has 2 heterocycles. The Balaban J connectivity index is 1.16. The van der Waals surface area contributed by atoms with Crippen LogP contribution in [-0.2, 0) is 11.0 Å². The number of aromatic nitrogens is 2. The molecule has 250 valence electrons. The van der Waals surface area contributed by atoms with E-state index in [1.807, 2.05) is 19.1 Å². The molecule has 48 heavy (non-hydrogen) atoms. The van der Waals surface area contributed by atoms with Gasteiger partial charge in [0.05, 0.1) is 10.6 Å². The average Bonchev–Trinajstić information content (AvgIpc) is 3.04. The van der Waals surface area contributed by atoms with Crippen molar-refractivity contribution in [2.75, 3.05) is 17.2 Å². The normalized spacial score (nSPS) is 11.3. The SMILES string of the molecule is Cc1cc(/C=C/C(=O)CCCCCCNC(=O)c2cc(Oc3ccc(NC(=O)Nc4ccc(Cl)c(C(F)(F)F)c4)cc3)ccn2)ccn1. The molecule has 13 heteroatoms. The van der Waals surface area contributed by atoms with Crippen LogP contribution in [0.3, 0.4) is 0 Å². The molecule has 0 aliphatic carbocycles. The number of ketones is 1. The van der Waals surface area contributed by atoms with Gasteiger partial charge in [0.2, 0.25) is 0 Å². The Morgan fingerprint density at radius 2 is 1.54 bits per heavy atom. The molecule has 0 aliphatic rings. The maximum Gasteiger partial charge on any atom is 0.417 e. The summed E-state index contributed by atoms with van der Waals surface area (Å²) >= 11 is 5.62. The monoisotopic (exact) mass is 679 g/mol. The summed E-state index contributed by atoms with van der Waals surface area (Å²) in [6.07, 6.45) is 5.63. The van der Waals surface area contributed by atoms with E-state index < -0.39 is 22.8 Å². The number of carbonyl (C=O) groups excluding carboxylic acids is 3. The number of aryl methyl sites for hydroxylation is 1. The lowest BCUT2D eigenvalue weighted by molar-refractivity contribution is -0.137. The number of halogens is 4. The van der Waals surface area contributed by atoms with Gasteiger partial charge in [-0.3, -0.25) is 19.6 Å². The van der Waals surface area contributed by atoms with E-state index >= 15 is 0 Å². The number of anilines is 2. The van der Waals surface area contributed by atoms with E-state index in [9.17, 15) is 27.6 Å². The number of nitrogens with one attached hydrogen (secondary N) is 3. The number of urea groups is 1. The minimum absolute atomic E-state index is 0.0739. The van der Waals surface area contributed by atoms with Crippen molar-refractivity contribution in [3.63, 3.8) is 0 Å². The van der Waals surface area contributed by atoms with Crippen molar-refractivity contribution in [2.24, 2.45) is 0 Å². The zero-order valence-electron chi connectivity index (χ0n) is 25.9. The molecule has 0 atom stereocenters. The van der Waals surface area contributed by atoms with Crippen LogP contribution in [0.25, 0.3) is 6.08 Å². The summed E-state index contributed by atoms with van der Waals surface area (Å²) in [7, 11) is 0. The lowest BCUT2D eigenvalue weighted by Gasteiger charge is -2.12. The number of benzene rings is 2. The van der Waals surface area contributed by atoms with Crippen LogP contribution >= 0.6 is 11.6 Å². The second-order valence-corrected chi connectivity index (χ2v) is 11.1. The van der Waals surface area contributed by atoms with Gasteiger partial charge in [-0.1, -0.05) is 30.5 Å². The molecule has 0 spiro atoms. The molecule has 2 aromatic carbocycles. The van der Waals surface area contributed by atoms with Crippen LogP contribution in [-0.4, -0.2) is 34.2 Å². The van der Waals surface area contributed by atoms with Crippen molar-refractivity contribution in [1.29, 1.82) is 0 Å². The molecule has 0 saturated heterocycles. The van der Waals surface area contributed by atoms with Gasteiger partial charge in [-0.05, 0) is 92.1 Å². The van der Waals surface area contributed by atoms with Crippen molar-refractivity contribution in [1.82, 2.24) is 15.3 Å². The van der Waals surface area contributed by atoms with E-state index in [4.69, 9.17) is 16.3 Å². The van der Waals surface area contributed by atoms with Crippen LogP contribution in [0.15, 0.2) is 85.2 Å². The summed E-state index contributed by atoms with van der Waals surface area (Å²) < 4.78 is 45.1. The summed E-state index contributed by atoms with van der Waals surface area (Å²) in [5.41, 5.74) is 1.25. The summed E-state index contributed by atoms with van der Waals surface area (Å²) in [4.78, 5) is 45.3. The number of amides is 3. The summed E-state index contributed by atoms with van der Waals surface area (Å²) in [5.74, 6) is 0.507. The lowest BCUT2D eigenvalue weighted by Crippen LogP contribution is -2.25. The fraction of sp³-hybridized carbons (Fsp3) is 0.229. The molecule has 0 unspecified atom stereocenters. The Morgan fingerprint density at radius 1 is 0.833 bits per heavy atom. The Morgan fingerprint density at radius 3 is 2.29 bits per heavy atom. The maximum absolute atomic E-state index is 13.1. The molecule has 3 N–H and O–H groups in total. The number of hydrogen-bond acceptors (Lipinski definition) is 6. The van der Waals surface area contributed by atoms with Gasteiger partial charge in [-0.2, -0.15) is 13.2 Å². The number of pyridine rings is 2. The topological polar surface area (TPSA) is 122 Å². The van der Waals surface area contributed by atoms with Gasteiger partial charge in [-0.25, -0.2) is 4.79 Å². The number of rotatable bonds is 14. The first-order valence-electron chi connectivity index (χ1n) is 15.1. The average molecular weight is 680 g/mol. The van der Waals surface area contributed by atoms with Gasteiger partial charge in [0.1, 0.15) is 17.2 Å². The third-order valence-electron chi connectivity index (χ3n) is 6.86. The van der Waals surface area contributed by atoms with Crippen LogP contribution in [0.5, 0.6) is 11.5 Å². The number of unbranched alkanes of at least 4 members (excludes halogenated alkanes) is 3. The Kier molecular flexibility index (Phi) is 12.7. The highest BCUT2D eigenvalue weighted by Gasteiger charge is 2.33. The van der Waals surface area contributed by atoms with Crippen LogP contribution in [0.2, 0.25) is 5.02 Å². The van der Waals surface area contributed by atoms with Crippen molar-refractivity contribution < 1.29 is 32.3 Å². The summed E-state index contributed by atoms with van der Waals surface area (Å²) in [5, 5.41) is 7.24. The Labute approximate surface area is 280 Å². The number of carbonyl (C=O) groups is 3. The highest BCUT2D eigenvalue weighted by Crippen LogP contribution is 2.36. The second kappa shape index (κ2) is 17.1. The van der Waals surface area contributed by atoms with Gasteiger partial charge < -0.3 is 20.7 Å². The molecule has 0 fully saturated rings. The van der Waals surface area contributed by atoms with E-state index in [1.165, 1.54) is 18.3 Å². The van der Waals surface area contributed by atoms with E-state index in [0.29, 0.717) is 30.2 Å². The minimum Gasteiger partial charge on any atom is -0.457 e. The quantitative estimate of drug-likeness (QED) is 0.0904. The number of allylic oxidation sites excluding steroid dienone is 1. The molecule has 9 nitrogen and oxygen atoms in total. The molecular formula is C35H33ClF3N5O4. The molecule has 3 amide bonds. The predicted molar refractivity (Wildman–Crippen MR) is 178 cm³/mol. The molecule has 2 aromatic heterocycles. The van der Waals surface area contributed by atoms with Gasteiger partial charge >= 0.3 is 12.2 Å². The van der Waals surface area contributed by atoms with E-state index in [-0.39, 0.29) is 23.1 Å². The Hall–Kier alpha value is -5.23. The summed E-state index contributed by atoms with van der Waals surface area (Å²) in [6.45, 7) is 2.36. The van der Waals surface area contributed by atoms with E-state index in [1.54, 1.807) is 48.7 Å². The van der Waals surface area contributed by atoms with Crippen molar-refractivity contribution in [3.8, 4) is 11.5 Å². The molecular weight excluding hydrogens is 647 g/mol. The van der Waals surface area contributed by atoms with Gasteiger partial charge in [0.15, 0.2) is 5.78 Å². The fourth-order valence-electron chi connectivity index (χ4n) is 4.47. The van der Waals surface area contributed by atoms with Crippen LogP contribution in [0.1, 0.15) is 59.4 Å². The van der Waals surface area contributed by atoms with E-state index in [2.05, 4.69) is 25.9 Å². The number of ether oxygens (including phenoxy) is 1. The Bertz CT molecular complexity index is 1760. The second-order valence-electron chi connectivity index (χ2n) is 10.7. The first kappa shape index (κ1) is 35.6. The van der Waals surface area contributed by atoms with Crippen molar-refractivity contribution >= 4 is 46.8 Å². The van der Waals surface area contributed by atoms with Gasteiger partial charge in [-0.15, -0.1) is 0 Å². The van der Waals surface area contributed by atoms with Crippen LogP contribution < -0.4 is 20.7 Å². The highest BCUT2D eigenvalue weighted by atomic mass is 35.5. The number of nitrogens with zero attached hydrogens (tertiary/aromatic N) is 2. The maximum atomic E-state index is 13.1. The number of alkyl halides is 3. The standard InChI is InChI=1S/C35H33ClF3N5O4/c1-23-20-24(15-18-40-23)7-11-27(45)6-4-2-3-5-17-42-33(46)32-22-29(16-19-41-32)48-28-12-8-25(9-13-28)43-34(47)44-26-10-14-31(36)30(21-26)35(37,38)39/h7-16,18-22H,2-6,17H2,1H3,(H,42,46)(H2,43,44,47)/b11-7+. The molecule has 4 rings (SSSR count). The van der Waals surface area contributed by atoms with Gasteiger partial charge in [0, 0.05) is 48.5 Å². The van der Waals surface area contributed by atoms with Crippen molar-refractivity contribution in [2.45, 2.75) is 45.2 Å². The molecule has 0 bridgehead atoms. The molecule has 4 aromatic rings.